The molecule has 1 N–H and O–H groups in total. The van der Waals surface area contributed by atoms with E-state index in [2.05, 4.69) is 0 Å². The molecular formula is C13H20O2. The maximum absolute atomic E-state index is 10.1. The van der Waals surface area contributed by atoms with E-state index in [-0.39, 0.29) is 6.10 Å². The summed E-state index contributed by atoms with van der Waals surface area (Å²) in [6, 6.07) is 5.84. The van der Waals surface area contributed by atoms with Crippen molar-refractivity contribution < 1.29 is 9.84 Å². The second-order valence-corrected chi connectivity index (χ2v) is 4.67. The molecule has 0 spiro atoms. The lowest BCUT2D eigenvalue weighted by molar-refractivity contribution is 0.0725. The van der Waals surface area contributed by atoms with Gasteiger partial charge in [0.2, 0.25) is 0 Å². The molecule has 1 aromatic carbocycles. The summed E-state index contributed by atoms with van der Waals surface area (Å²) >= 11 is 0. The summed E-state index contributed by atoms with van der Waals surface area (Å²) in [4.78, 5) is 0. The lowest BCUT2D eigenvalue weighted by Crippen LogP contribution is -2.20. The van der Waals surface area contributed by atoms with E-state index in [0.29, 0.717) is 0 Å². The number of aryl methyl sites for hydroxylation is 1. The molecular weight excluding hydrogens is 188 g/mol. The fourth-order valence-electron chi connectivity index (χ4n) is 1.78. The summed E-state index contributed by atoms with van der Waals surface area (Å²) in [5, 5.41) is 10.1. The van der Waals surface area contributed by atoms with E-state index in [1.54, 1.807) is 13.8 Å². The summed E-state index contributed by atoms with van der Waals surface area (Å²) in [6.45, 7) is 9.51. The third kappa shape index (κ3) is 2.96. The molecule has 0 heterocycles. The largest absolute Gasteiger partial charge is 0.491 e. The van der Waals surface area contributed by atoms with Gasteiger partial charge in [-0.15, -0.1) is 0 Å². The zero-order valence-electron chi connectivity index (χ0n) is 10.2. The van der Waals surface area contributed by atoms with Gasteiger partial charge in [-0.3, -0.25) is 0 Å². The van der Waals surface area contributed by atoms with Crippen LogP contribution < -0.4 is 4.74 Å². The molecule has 0 aliphatic heterocycles. The third-order valence-corrected chi connectivity index (χ3v) is 2.21. The van der Waals surface area contributed by atoms with Crippen LogP contribution in [0.15, 0.2) is 18.2 Å². The van der Waals surface area contributed by atoms with Gasteiger partial charge in [0.25, 0.3) is 0 Å². The van der Waals surface area contributed by atoms with Gasteiger partial charge < -0.3 is 9.84 Å². The maximum atomic E-state index is 10.1. The molecule has 0 atom stereocenters. The van der Waals surface area contributed by atoms with E-state index in [9.17, 15) is 5.11 Å². The van der Waals surface area contributed by atoms with Crippen LogP contribution in [0.1, 0.15) is 38.8 Å². The van der Waals surface area contributed by atoms with Gasteiger partial charge in [0.1, 0.15) is 5.75 Å². The normalized spacial score (nSPS) is 11.9. The summed E-state index contributed by atoms with van der Waals surface area (Å²) in [6.07, 6.45) is 0.118. The molecule has 0 aliphatic carbocycles. The van der Waals surface area contributed by atoms with Gasteiger partial charge in [-0.05, 0) is 46.2 Å². The Balaban J connectivity index is 3.21. The first kappa shape index (κ1) is 12.1. The Morgan fingerprint density at radius 2 is 1.87 bits per heavy atom. The highest BCUT2D eigenvalue weighted by Gasteiger charge is 2.23. The zero-order chi connectivity index (χ0) is 11.6. The third-order valence-electron chi connectivity index (χ3n) is 2.21. The molecule has 0 aromatic heterocycles. The van der Waals surface area contributed by atoms with Crippen molar-refractivity contribution in [2.45, 2.75) is 46.3 Å². The number of hydrogen-bond acceptors (Lipinski definition) is 2. The van der Waals surface area contributed by atoms with Gasteiger partial charge in [0.15, 0.2) is 0 Å². The van der Waals surface area contributed by atoms with Gasteiger partial charge >= 0.3 is 0 Å². The molecule has 0 bridgehead atoms. The summed E-state index contributed by atoms with van der Waals surface area (Å²) in [5.41, 5.74) is 1.06. The molecule has 84 valence electrons. The number of benzene rings is 1. The molecule has 0 radical (unpaired) electrons. The Kier molecular flexibility index (Phi) is 3.40. The average molecular weight is 208 g/mol. The first-order valence-corrected chi connectivity index (χ1v) is 5.31. The van der Waals surface area contributed by atoms with Gasteiger partial charge in [-0.25, -0.2) is 0 Å². The Bertz CT molecular complexity index is 335. The minimum Gasteiger partial charge on any atom is -0.491 e. The zero-order valence-corrected chi connectivity index (χ0v) is 10.2. The predicted octanol–water partition coefficient (Wildman–Crippen LogP) is 3.01. The predicted molar refractivity (Wildman–Crippen MR) is 62.2 cm³/mol. The van der Waals surface area contributed by atoms with Crippen molar-refractivity contribution in [2.24, 2.45) is 0 Å². The van der Waals surface area contributed by atoms with Crippen molar-refractivity contribution in [1.82, 2.24) is 0 Å². The molecule has 1 aromatic rings. The SMILES string of the molecule is Cc1cccc(OC(C)C)c1C(C)(C)O. The van der Waals surface area contributed by atoms with E-state index in [1.165, 1.54) is 0 Å². The molecule has 0 amide bonds. The molecule has 15 heavy (non-hydrogen) atoms. The van der Waals surface area contributed by atoms with Crippen LogP contribution in [0, 0.1) is 6.92 Å². The Morgan fingerprint density at radius 1 is 1.27 bits per heavy atom. The maximum Gasteiger partial charge on any atom is 0.126 e. The van der Waals surface area contributed by atoms with Crippen LogP contribution in [0.25, 0.3) is 0 Å². The van der Waals surface area contributed by atoms with E-state index >= 15 is 0 Å². The standard InChI is InChI=1S/C13H20O2/c1-9(2)15-11-8-6-7-10(3)12(11)13(4,5)14/h6-9,14H,1-5H3. The van der Waals surface area contributed by atoms with Gasteiger partial charge in [-0.2, -0.15) is 0 Å². The van der Waals surface area contributed by atoms with Crippen molar-refractivity contribution in [3.8, 4) is 5.75 Å². The second kappa shape index (κ2) is 4.23. The van der Waals surface area contributed by atoms with E-state index < -0.39 is 5.60 Å². The lowest BCUT2D eigenvalue weighted by atomic mass is 9.93. The van der Waals surface area contributed by atoms with E-state index in [1.807, 2.05) is 39.0 Å². The molecule has 2 heteroatoms. The van der Waals surface area contributed by atoms with Crippen molar-refractivity contribution in [1.29, 1.82) is 0 Å². The highest BCUT2D eigenvalue weighted by atomic mass is 16.5. The quantitative estimate of drug-likeness (QED) is 0.827. The van der Waals surface area contributed by atoms with Gasteiger partial charge in [0, 0.05) is 5.56 Å². The number of ether oxygens (including phenoxy) is 1. The van der Waals surface area contributed by atoms with Crippen LogP contribution in [-0.2, 0) is 5.60 Å². The molecule has 0 saturated carbocycles. The fourth-order valence-corrected chi connectivity index (χ4v) is 1.78. The first-order chi connectivity index (χ1) is 6.82. The first-order valence-electron chi connectivity index (χ1n) is 5.31. The molecule has 0 saturated heterocycles. The second-order valence-electron chi connectivity index (χ2n) is 4.67. The van der Waals surface area contributed by atoms with Crippen LogP contribution in [0.5, 0.6) is 5.75 Å². The van der Waals surface area contributed by atoms with Crippen LogP contribution in [0.2, 0.25) is 0 Å². The van der Waals surface area contributed by atoms with Crippen molar-refractivity contribution >= 4 is 0 Å². The van der Waals surface area contributed by atoms with E-state index in [4.69, 9.17) is 4.74 Å². The minimum absolute atomic E-state index is 0.118. The van der Waals surface area contributed by atoms with Crippen LogP contribution in [0.3, 0.4) is 0 Å². The van der Waals surface area contributed by atoms with Crippen molar-refractivity contribution in [2.75, 3.05) is 0 Å². The van der Waals surface area contributed by atoms with Crippen molar-refractivity contribution in [3.05, 3.63) is 29.3 Å². The molecule has 0 fully saturated rings. The lowest BCUT2D eigenvalue weighted by Gasteiger charge is -2.24. The highest BCUT2D eigenvalue weighted by Crippen LogP contribution is 2.32. The monoisotopic (exact) mass is 208 g/mol. The van der Waals surface area contributed by atoms with E-state index in [0.717, 1.165) is 16.9 Å². The van der Waals surface area contributed by atoms with Crippen molar-refractivity contribution in [3.63, 3.8) is 0 Å². The topological polar surface area (TPSA) is 29.5 Å². The summed E-state index contributed by atoms with van der Waals surface area (Å²) in [7, 11) is 0. The molecule has 0 unspecified atom stereocenters. The molecule has 2 nitrogen and oxygen atoms in total. The van der Waals surface area contributed by atoms with Crippen LogP contribution in [-0.4, -0.2) is 11.2 Å². The van der Waals surface area contributed by atoms with Gasteiger partial charge in [-0.1, -0.05) is 12.1 Å². The Morgan fingerprint density at radius 3 is 2.33 bits per heavy atom. The van der Waals surface area contributed by atoms with Gasteiger partial charge in [0.05, 0.1) is 11.7 Å². The number of aliphatic hydroxyl groups is 1. The smallest absolute Gasteiger partial charge is 0.126 e. The number of rotatable bonds is 3. The molecule has 1 rings (SSSR count). The summed E-state index contributed by atoms with van der Waals surface area (Å²) in [5.74, 6) is 0.775. The Labute approximate surface area is 91.9 Å². The Hall–Kier alpha value is -1.02. The van der Waals surface area contributed by atoms with Crippen LogP contribution in [0.4, 0.5) is 0 Å². The molecule has 0 aliphatic rings. The van der Waals surface area contributed by atoms with Crippen LogP contribution >= 0.6 is 0 Å². The number of hydrogen-bond donors (Lipinski definition) is 1. The fraction of sp³-hybridized carbons (Fsp3) is 0.538. The minimum atomic E-state index is -0.866. The summed E-state index contributed by atoms with van der Waals surface area (Å²) < 4.78 is 5.69. The average Bonchev–Trinajstić information content (AvgIpc) is 1.99. The highest BCUT2D eigenvalue weighted by molar-refractivity contribution is 5.43.